The Labute approximate surface area is 141 Å². The Balaban J connectivity index is 1.40. The van der Waals surface area contributed by atoms with Crippen molar-refractivity contribution in [3.05, 3.63) is 52.8 Å². The Hall–Kier alpha value is -2.14. The zero-order valence-corrected chi connectivity index (χ0v) is 13.7. The van der Waals surface area contributed by atoms with Gasteiger partial charge in [-0.1, -0.05) is 30.3 Å². The highest BCUT2D eigenvalue weighted by Crippen LogP contribution is 2.31. The van der Waals surface area contributed by atoms with Crippen LogP contribution in [0.15, 0.2) is 30.3 Å². The lowest BCUT2D eigenvalue weighted by Gasteiger charge is -2.34. The summed E-state index contributed by atoms with van der Waals surface area (Å²) in [6.45, 7) is 1.38. The van der Waals surface area contributed by atoms with Crippen LogP contribution in [0, 0.1) is 5.92 Å². The number of fused-ring (bicyclic) bond motifs is 1. The second kappa shape index (κ2) is 6.40. The van der Waals surface area contributed by atoms with Crippen LogP contribution in [-0.2, 0) is 12.8 Å². The average Bonchev–Trinajstić information content (AvgIpc) is 3.25. The Morgan fingerprint density at radius 1 is 1.21 bits per heavy atom. The number of aromatic amines is 1. The van der Waals surface area contributed by atoms with Gasteiger partial charge in [0, 0.05) is 24.3 Å². The molecule has 2 aromatic rings. The van der Waals surface area contributed by atoms with E-state index in [-0.39, 0.29) is 11.8 Å². The van der Waals surface area contributed by atoms with Gasteiger partial charge in [0.05, 0.1) is 6.10 Å². The maximum Gasteiger partial charge on any atom is 0.274 e. The number of aryl methyl sites for hydroxylation is 1. The molecule has 4 rings (SSSR count). The van der Waals surface area contributed by atoms with Crippen LogP contribution in [-0.4, -0.2) is 39.2 Å². The fourth-order valence-electron chi connectivity index (χ4n) is 3.99. The average molecular weight is 325 g/mol. The highest BCUT2D eigenvalue weighted by atomic mass is 16.3. The van der Waals surface area contributed by atoms with Crippen molar-refractivity contribution in [2.75, 3.05) is 13.1 Å². The number of hydrogen-bond donors (Lipinski definition) is 2. The van der Waals surface area contributed by atoms with Gasteiger partial charge in [0.15, 0.2) is 5.69 Å². The van der Waals surface area contributed by atoms with Gasteiger partial charge in [0.25, 0.3) is 5.91 Å². The summed E-state index contributed by atoms with van der Waals surface area (Å²) in [4.78, 5) is 14.6. The first kappa shape index (κ1) is 15.4. The third-order valence-electron chi connectivity index (χ3n) is 5.42. The maximum absolute atomic E-state index is 12.7. The van der Waals surface area contributed by atoms with Crippen LogP contribution in [0.1, 0.15) is 52.7 Å². The van der Waals surface area contributed by atoms with Crippen LogP contribution in [0.4, 0.5) is 0 Å². The largest absolute Gasteiger partial charge is 0.388 e. The number of likely N-dealkylation sites (tertiary alicyclic amines) is 1. The Morgan fingerprint density at radius 2 is 1.96 bits per heavy atom. The lowest BCUT2D eigenvalue weighted by molar-refractivity contribution is 0.0458. The number of nitrogens with zero attached hydrogens (tertiary/aromatic N) is 2. The summed E-state index contributed by atoms with van der Waals surface area (Å²) in [5.74, 6) is 0.253. The summed E-state index contributed by atoms with van der Waals surface area (Å²) in [5.41, 5.74) is 3.83. The first-order chi connectivity index (χ1) is 11.7. The van der Waals surface area contributed by atoms with Crippen LogP contribution in [0.25, 0.3) is 0 Å². The number of piperidine rings is 1. The quantitative estimate of drug-likeness (QED) is 0.911. The van der Waals surface area contributed by atoms with Crippen molar-refractivity contribution in [1.29, 1.82) is 0 Å². The van der Waals surface area contributed by atoms with Crippen molar-refractivity contribution in [2.24, 2.45) is 5.92 Å². The summed E-state index contributed by atoms with van der Waals surface area (Å²) in [6.07, 6.45) is 4.27. The Bertz CT molecular complexity index is 717. The highest BCUT2D eigenvalue weighted by Gasteiger charge is 2.31. The smallest absolute Gasteiger partial charge is 0.274 e. The van der Waals surface area contributed by atoms with Crippen LogP contribution < -0.4 is 0 Å². The number of aromatic nitrogens is 2. The molecule has 1 aliphatic heterocycles. The summed E-state index contributed by atoms with van der Waals surface area (Å²) in [7, 11) is 0. The predicted molar refractivity (Wildman–Crippen MR) is 90.6 cm³/mol. The van der Waals surface area contributed by atoms with Crippen molar-refractivity contribution >= 4 is 5.91 Å². The van der Waals surface area contributed by atoms with Crippen LogP contribution >= 0.6 is 0 Å². The lowest BCUT2D eigenvalue weighted by Crippen LogP contribution is -2.40. The lowest BCUT2D eigenvalue weighted by atomic mass is 9.87. The number of amides is 1. The Kier molecular flexibility index (Phi) is 4.10. The zero-order valence-electron chi connectivity index (χ0n) is 13.7. The Morgan fingerprint density at radius 3 is 2.71 bits per heavy atom. The van der Waals surface area contributed by atoms with Crippen LogP contribution in [0.2, 0.25) is 0 Å². The van der Waals surface area contributed by atoms with Gasteiger partial charge < -0.3 is 10.0 Å². The third-order valence-corrected chi connectivity index (χ3v) is 5.42. The second-order valence-corrected chi connectivity index (χ2v) is 6.87. The minimum atomic E-state index is -0.446. The van der Waals surface area contributed by atoms with Crippen molar-refractivity contribution in [2.45, 2.75) is 38.2 Å². The molecule has 1 aromatic heterocycles. The minimum absolute atomic E-state index is 0.0436. The van der Waals surface area contributed by atoms with Gasteiger partial charge in [-0.15, -0.1) is 0 Å². The van der Waals surface area contributed by atoms with E-state index in [2.05, 4.69) is 10.2 Å². The summed E-state index contributed by atoms with van der Waals surface area (Å²) in [6, 6.07) is 9.80. The molecule has 1 saturated heterocycles. The van der Waals surface area contributed by atoms with Gasteiger partial charge >= 0.3 is 0 Å². The molecule has 2 aliphatic rings. The number of hydrogen-bond acceptors (Lipinski definition) is 3. The number of carbonyl (C=O) groups excluding carboxylic acids is 1. The molecule has 0 saturated carbocycles. The molecule has 2 N–H and O–H groups in total. The molecule has 1 amide bonds. The van der Waals surface area contributed by atoms with Crippen LogP contribution in [0.5, 0.6) is 0 Å². The first-order valence-corrected chi connectivity index (χ1v) is 8.82. The van der Waals surface area contributed by atoms with Gasteiger partial charge in [0.1, 0.15) is 0 Å². The molecular weight excluding hydrogens is 302 g/mol. The molecule has 0 spiro atoms. The molecule has 2 heterocycles. The van der Waals surface area contributed by atoms with E-state index >= 15 is 0 Å². The maximum atomic E-state index is 12.7. The van der Waals surface area contributed by atoms with E-state index in [4.69, 9.17) is 0 Å². The number of H-pyrrole nitrogens is 1. The molecule has 1 atom stereocenters. The molecule has 0 bridgehead atoms. The molecule has 5 heteroatoms. The minimum Gasteiger partial charge on any atom is -0.388 e. The zero-order chi connectivity index (χ0) is 16.5. The normalized spacial score (nSPS) is 19.3. The second-order valence-electron chi connectivity index (χ2n) is 6.87. The molecule has 126 valence electrons. The summed E-state index contributed by atoms with van der Waals surface area (Å²) >= 11 is 0. The van der Waals surface area contributed by atoms with E-state index in [0.717, 1.165) is 48.9 Å². The summed E-state index contributed by atoms with van der Waals surface area (Å²) in [5, 5.41) is 17.8. The van der Waals surface area contributed by atoms with Crippen LogP contribution in [0.3, 0.4) is 0 Å². The monoisotopic (exact) mass is 325 g/mol. The van der Waals surface area contributed by atoms with E-state index in [9.17, 15) is 9.90 Å². The third kappa shape index (κ3) is 2.73. The number of benzene rings is 1. The van der Waals surface area contributed by atoms with Crippen molar-refractivity contribution in [3.8, 4) is 0 Å². The topological polar surface area (TPSA) is 69.2 Å². The van der Waals surface area contributed by atoms with Gasteiger partial charge in [-0.2, -0.15) is 5.10 Å². The molecule has 0 radical (unpaired) electrons. The predicted octanol–water partition coefficient (Wildman–Crippen LogP) is 2.48. The molecule has 1 unspecified atom stereocenters. The van der Waals surface area contributed by atoms with Gasteiger partial charge in [-0.3, -0.25) is 9.89 Å². The fraction of sp³-hybridized carbons (Fsp3) is 0.474. The number of rotatable bonds is 3. The number of aliphatic hydroxyl groups excluding tert-OH is 1. The molecule has 24 heavy (non-hydrogen) atoms. The van der Waals surface area contributed by atoms with Crippen molar-refractivity contribution < 1.29 is 9.90 Å². The van der Waals surface area contributed by atoms with E-state index in [1.165, 1.54) is 0 Å². The molecule has 1 aliphatic carbocycles. The van der Waals surface area contributed by atoms with Gasteiger partial charge in [-0.05, 0) is 43.6 Å². The molecule has 1 aromatic carbocycles. The first-order valence-electron chi connectivity index (χ1n) is 8.82. The number of carbonyl (C=O) groups is 1. The van der Waals surface area contributed by atoms with Crippen molar-refractivity contribution in [3.63, 3.8) is 0 Å². The van der Waals surface area contributed by atoms with E-state index < -0.39 is 6.10 Å². The van der Waals surface area contributed by atoms with Gasteiger partial charge in [0.2, 0.25) is 0 Å². The number of nitrogens with one attached hydrogen (secondary N) is 1. The van der Waals surface area contributed by atoms with E-state index in [1.807, 2.05) is 35.2 Å². The fourth-order valence-corrected chi connectivity index (χ4v) is 3.99. The van der Waals surface area contributed by atoms with Crippen molar-refractivity contribution in [1.82, 2.24) is 15.1 Å². The molecule has 1 fully saturated rings. The van der Waals surface area contributed by atoms with E-state index in [0.29, 0.717) is 18.8 Å². The SMILES string of the molecule is O=C(c1n[nH]c2c1CCC2)N1CCC(C(O)c2ccccc2)CC1. The summed E-state index contributed by atoms with van der Waals surface area (Å²) < 4.78 is 0. The highest BCUT2D eigenvalue weighted by molar-refractivity contribution is 5.94. The van der Waals surface area contributed by atoms with Gasteiger partial charge in [-0.25, -0.2) is 0 Å². The molecule has 5 nitrogen and oxygen atoms in total. The standard InChI is InChI=1S/C19H23N3O2/c23-18(13-5-2-1-3-6-13)14-9-11-22(12-10-14)19(24)17-15-7-4-8-16(15)20-21-17/h1-3,5-6,14,18,23H,4,7-12H2,(H,20,21). The van der Waals surface area contributed by atoms with E-state index in [1.54, 1.807) is 0 Å². The molecular formula is C19H23N3O2. The number of aliphatic hydroxyl groups is 1.